The molecule has 0 saturated carbocycles. The molecular weight excluding hydrogens is 460 g/mol. The fourth-order valence-corrected chi connectivity index (χ4v) is 4.48. The number of hydrogen-bond donors (Lipinski definition) is 2. The fraction of sp³-hybridized carbons (Fsp3) is 0.194. The summed E-state index contributed by atoms with van der Waals surface area (Å²) in [4.78, 5) is 15.3. The summed E-state index contributed by atoms with van der Waals surface area (Å²) in [5.74, 6) is 1.38. The van der Waals surface area contributed by atoms with E-state index in [1.165, 1.54) is 6.21 Å². The van der Waals surface area contributed by atoms with E-state index in [2.05, 4.69) is 36.2 Å². The van der Waals surface area contributed by atoms with E-state index in [1.807, 2.05) is 65.6 Å². The highest BCUT2D eigenvalue weighted by Crippen LogP contribution is 2.33. The van der Waals surface area contributed by atoms with Gasteiger partial charge in [-0.15, -0.1) is 0 Å². The summed E-state index contributed by atoms with van der Waals surface area (Å²) in [5.41, 5.74) is 7.12. The number of allylic oxidation sites excluding steroid dienone is 1. The molecule has 6 heteroatoms. The average Bonchev–Trinajstić information content (AvgIpc) is 2.96. The molecule has 0 aliphatic carbocycles. The van der Waals surface area contributed by atoms with Crippen LogP contribution in [0.15, 0.2) is 102 Å². The number of hydrogen-bond acceptors (Lipinski definition) is 5. The summed E-state index contributed by atoms with van der Waals surface area (Å²) >= 11 is 0. The van der Waals surface area contributed by atoms with Crippen LogP contribution in [0, 0.1) is 11.3 Å². The maximum absolute atomic E-state index is 13.5. The lowest BCUT2D eigenvalue weighted by Gasteiger charge is -2.34. The van der Waals surface area contributed by atoms with E-state index in [1.54, 1.807) is 12.1 Å². The van der Waals surface area contributed by atoms with E-state index in [0.29, 0.717) is 30.1 Å². The molecule has 0 bridgehead atoms. The van der Waals surface area contributed by atoms with Crippen molar-refractivity contribution in [3.8, 4) is 0 Å². The van der Waals surface area contributed by atoms with Crippen molar-refractivity contribution in [2.45, 2.75) is 19.8 Å². The van der Waals surface area contributed by atoms with Crippen LogP contribution in [-0.4, -0.2) is 36.3 Å². The largest absolute Gasteiger partial charge is 0.461 e. The molecule has 37 heavy (non-hydrogen) atoms. The van der Waals surface area contributed by atoms with Gasteiger partial charge in [0.2, 0.25) is 0 Å². The Morgan fingerprint density at radius 1 is 1.03 bits per heavy atom. The first-order chi connectivity index (χ1) is 18.1. The van der Waals surface area contributed by atoms with Crippen molar-refractivity contribution >= 4 is 35.4 Å². The van der Waals surface area contributed by atoms with Gasteiger partial charge in [-0.1, -0.05) is 79.4 Å². The van der Waals surface area contributed by atoms with Crippen LogP contribution < -0.4 is 5.43 Å². The molecule has 2 N–H and O–H groups in total. The van der Waals surface area contributed by atoms with Gasteiger partial charge < -0.3 is 15.0 Å². The summed E-state index contributed by atoms with van der Waals surface area (Å²) in [6, 6.07) is 27.5. The van der Waals surface area contributed by atoms with Gasteiger partial charge in [0.1, 0.15) is 11.5 Å². The number of carbonyl (C=O) groups excluding carboxylic acids is 1. The lowest BCUT2D eigenvalue weighted by Crippen LogP contribution is -2.40. The number of benzene rings is 3. The van der Waals surface area contributed by atoms with E-state index in [0.717, 1.165) is 41.5 Å². The third kappa shape index (κ3) is 6.41. The Morgan fingerprint density at radius 3 is 2.38 bits per heavy atom. The van der Waals surface area contributed by atoms with Gasteiger partial charge in [-0.3, -0.25) is 10.2 Å². The molecule has 0 aromatic heterocycles. The predicted molar refractivity (Wildman–Crippen MR) is 152 cm³/mol. The van der Waals surface area contributed by atoms with Gasteiger partial charge >= 0.3 is 0 Å². The lowest BCUT2D eigenvalue weighted by molar-refractivity contribution is 0.0671. The normalized spacial score (nSPS) is 16.1. The average molecular weight is 493 g/mol. The van der Waals surface area contributed by atoms with Gasteiger partial charge in [0.15, 0.2) is 0 Å². The van der Waals surface area contributed by atoms with E-state index in [9.17, 15) is 4.79 Å². The summed E-state index contributed by atoms with van der Waals surface area (Å²) in [6.45, 7) is 7.57. The molecule has 1 unspecified atom stereocenters. The third-order valence-corrected chi connectivity index (χ3v) is 6.47. The highest BCUT2D eigenvalue weighted by Gasteiger charge is 2.29. The smallest absolute Gasteiger partial charge is 0.256 e. The summed E-state index contributed by atoms with van der Waals surface area (Å²) < 4.78 is 6.51. The summed E-state index contributed by atoms with van der Waals surface area (Å²) in [7, 11) is 0. The molecule has 1 saturated heterocycles. The second-order valence-electron chi connectivity index (χ2n) is 8.95. The number of anilines is 1. The number of ether oxygens (including phenoxy) is 1. The van der Waals surface area contributed by atoms with Crippen LogP contribution in [0.3, 0.4) is 0 Å². The Bertz CT molecular complexity index is 1300. The van der Waals surface area contributed by atoms with E-state index < -0.39 is 0 Å². The van der Waals surface area contributed by atoms with Crippen molar-refractivity contribution in [3.63, 3.8) is 0 Å². The minimum absolute atomic E-state index is 0.0102. The van der Waals surface area contributed by atoms with Crippen molar-refractivity contribution in [3.05, 3.63) is 114 Å². The second kappa shape index (κ2) is 12.5. The van der Waals surface area contributed by atoms with Crippen LogP contribution in [0.5, 0.6) is 0 Å². The highest BCUT2D eigenvalue weighted by molar-refractivity contribution is 6.14. The van der Waals surface area contributed by atoms with Crippen molar-refractivity contribution < 1.29 is 9.53 Å². The number of likely N-dealkylation sites (tertiary alicyclic amines) is 1. The molecule has 6 nitrogen and oxygen atoms in total. The minimum Gasteiger partial charge on any atom is -0.461 e. The number of carbonyl (C=O) groups is 1. The summed E-state index contributed by atoms with van der Waals surface area (Å²) in [5, 5.41) is 11.1. The Balaban J connectivity index is 1.53. The molecular formula is C31H32N4O2. The standard InChI is InChI=1S/C31H32N4O2/c1-23(25-12-5-3-6-13-25)30(26-14-7-4-8-15-26)37-24(2)27-16-11-21-35(22-27)31(36)28-17-9-10-18-29(28)34-33-20-19-32/h3-10,12-15,17-20,27,32,34H,2,11,16,21-22H2,1H3/b30-23+,32-19?,33-20-. The van der Waals surface area contributed by atoms with Crippen LogP contribution in [0.2, 0.25) is 0 Å². The van der Waals surface area contributed by atoms with Crippen LogP contribution in [0.4, 0.5) is 5.69 Å². The van der Waals surface area contributed by atoms with Gasteiger partial charge in [0.25, 0.3) is 5.91 Å². The Morgan fingerprint density at radius 2 is 1.68 bits per heavy atom. The molecule has 188 valence electrons. The van der Waals surface area contributed by atoms with Crippen LogP contribution in [0.1, 0.15) is 41.3 Å². The molecule has 1 heterocycles. The second-order valence-corrected chi connectivity index (χ2v) is 8.95. The van der Waals surface area contributed by atoms with Gasteiger partial charge in [-0.2, -0.15) is 5.10 Å². The molecule has 1 fully saturated rings. The topological polar surface area (TPSA) is 77.8 Å². The fourth-order valence-electron chi connectivity index (χ4n) is 4.48. The highest BCUT2D eigenvalue weighted by atomic mass is 16.5. The number of nitrogens with zero attached hydrogens (tertiary/aromatic N) is 2. The predicted octanol–water partition coefficient (Wildman–Crippen LogP) is 6.70. The summed E-state index contributed by atoms with van der Waals surface area (Å²) in [6.07, 6.45) is 4.17. The molecule has 3 aromatic carbocycles. The first kappa shape index (κ1) is 25.6. The lowest BCUT2D eigenvalue weighted by atomic mass is 9.95. The maximum Gasteiger partial charge on any atom is 0.256 e. The number of rotatable bonds is 9. The minimum atomic E-state index is -0.0649. The number of para-hydroxylation sites is 1. The third-order valence-electron chi connectivity index (χ3n) is 6.47. The zero-order valence-electron chi connectivity index (χ0n) is 21.1. The number of hydrazone groups is 1. The van der Waals surface area contributed by atoms with E-state index in [-0.39, 0.29) is 11.8 Å². The van der Waals surface area contributed by atoms with Crippen molar-refractivity contribution in [1.29, 1.82) is 5.41 Å². The molecule has 3 aromatic rings. The number of piperidine rings is 1. The molecule has 1 atom stereocenters. The monoisotopic (exact) mass is 492 g/mol. The Kier molecular flexibility index (Phi) is 8.66. The first-order valence-corrected chi connectivity index (χ1v) is 12.4. The van der Waals surface area contributed by atoms with Crippen LogP contribution in [0.25, 0.3) is 11.3 Å². The van der Waals surface area contributed by atoms with Crippen molar-refractivity contribution in [2.75, 3.05) is 18.5 Å². The van der Waals surface area contributed by atoms with Crippen LogP contribution in [-0.2, 0) is 4.74 Å². The van der Waals surface area contributed by atoms with E-state index in [4.69, 9.17) is 10.1 Å². The molecule has 1 amide bonds. The zero-order chi connectivity index (χ0) is 26.0. The van der Waals surface area contributed by atoms with Crippen molar-refractivity contribution in [1.82, 2.24) is 4.90 Å². The Hall–Kier alpha value is -4.45. The van der Waals surface area contributed by atoms with Crippen LogP contribution >= 0.6 is 0 Å². The molecule has 1 aliphatic rings. The molecule has 0 radical (unpaired) electrons. The molecule has 0 spiro atoms. The van der Waals surface area contributed by atoms with Gasteiger partial charge in [-0.05, 0) is 43.0 Å². The Labute approximate surface area is 218 Å². The quantitative estimate of drug-likeness (QED) is 0.151. The number of nitrogens with one attached hydrogen (secondary N) is 2. The van der Waals surface area contributed by atoms with Gasteiger partial charge in [0, 0.05) is 30.8 Å². The SMILES string of the molecule is C=C(O/C(=C(\C)c1ccccc1)c1ccccc1)C1CCCN(C(=O)c2ccccc2N/N=C\C=N)C1. The van der Waals surface area contributed by atoms with Gasteiger partial charge in [-0.25, -0.2) is 0 Å². The molecule has 1 aliphatic heterocycles. The zero-order valence-corrected chi connectivity index (χ0v) is 21.1. The van der Waals surface area contributed by atoms with E-state index >= 15 is 0 Å². The number of amides is 1. The maximum atomic E-state index is 13.5. The first-order valence-electron chi connectivity index (χ1n) is 12.4. The van der Waals surface area contributed by atoms with Gasteiger partial charge in [0.05, 0.1) is 17.5 Å². The molecule has 4 rings (SSSR count). The van der Waals surface area contributed by atoms with Crippen molar-refractivity contribution in [2.24, 2.45) is 11.0 Å².